The van der Waals surface area contributed by atoms with Crippen molar-refractivity contribution < 1.29 is 4.74 Å². The third-order valence-corrected chi connectivity index (χ3v) is 3.44. The molecule has 0 bridgehead atoms. The molecular formula is C14H18N6O. The highest BCUT2D eigenvalue weighted by Crippen LogP contribution is 2.25. The van der Waals surface area contributed by atoms with Gasteiger partial charge in [-0.05, 0) is 0 Å². The van der Waals surface area contributed by atoms with Gasteiger partial charge in [-0.3, -0.25) is 9.88 Å². The van der Waals surface area contributed by atoms with Crippen LogP contribution in [0.2, 0.25) is 0 Å². The summed E-state index contributed by atoms with van der Waals surface area (Å²) in [6.07, 6.45) is 8.54. The second-order valence-electron chi connectivity index (χ2n) is 4.88. The van der Waals surface area contributed by atoms with Gasteiger partial charge in [-0.15, -0.1) is 0 Å². The molecule has 3 heterocycles. The van der Waals surface area contributed by atoms with E-state index in [9.17, 15) is 0 Å². The summed E-state index contributed by atoms with van der Waals surface area (Å²) in [6.45, 7) is 3.16. The van der Waals surface area contributed by atoms with Crippen molar-refractivity contribution in [2.45, 2.75) is 12.6 Å². The maximum Gasteiger partial charge on any atom is 0.150 e. The van der Waals surface area contributed by atoms with Gasteiger partial charge in [0.15, 0.2) is 0 Å². The van der Waals surface area contributed by atoms with E-state index in [0.29, 0.717) is 6.61 Å². The highest BCUT2D eigenvalue weighted by Gasteiger charge is 2.25. The fourth-order valence-electron chi connectivity index (χ4n) is 2.46. The van der Waals surface area contributed by atoms with Crippen LogP contribution >= 0.6 is 0 Å². The van der Waals surface area contributed by atoms with Gasteiger partial charge in [0.25, 0.3) is 0 Å². The Kier molecular flexibility index (Phi) is 4.32. The molecule has 21 heavy (non-hydrogen) atoms. The second-order valence-corrected chi connectivity index (χ2v) is 4.88. The van der Waals surface area contributed by atoms with E-state index in [2.05, 4.69) is 30.2 Å². The maximum atomic E-state index is 5.86. The topological polar surface area (TPSA) is 76.1 Å². The quantitative estimate of drug-likeness (QED) is 0.894. The molecule has 1 aliphatic rings. The molecule has 2 aromatic rings. The van der Waals surface area contributed by atoms with E-state index < -0.39 is 0 Å². The van der Waals surface area contributed by atoms with Crippen LogP contribution in [0.25, 0.3) is 0 Å². The summed E-state index contributed by atoms with van der Waals surface area (Å²) < 4.78 is 5.86. The Hall–Kier alpha value is -2.12. The van der Waals surface area contributed by atoms with Crippen molar-refractivity contribution in [3.8, 4) is 0 Å². The predicted molar refractivity (Wildman–Crippen MR) is 77.6 cm³/mol. The Morgan fingerprint density at radius 2 is 2.10 bits per heavy atom. The zero-order chi connectivity index (χ0) is 14.5. The molecule has 0 saturated carbocycles. The Balaban J connectivity index is 1.71. The van der Waals surface area contributed by atoms with Crippen LogP contribution in [-0.2, 0) is 11.3 Å². The molecule has 0 amide bonds. The summed E-state index contributed by atoms with van der Waals surface area (Å²) in [5, 5.41) is 3.07. The lowest BCUT2D eigenvalue weighted by Gasteiger charge is -2.32. The first-order chi connectivity index (χ1) is 10.4. The van der Waals surface area contributed by atoms with E-state index in [1.807, 2.05) is 19.4 Å². The number of nitrogens with one attached hydrogen (secondary N) is 1. The Bertz CT molecular complexity index is 579. The van der Waals surface area contributed by atoms with Crippen LogP contribution < -0.4 is 5.32 Å². The standard InChI is InChI=1S/C14H18N6O/c1-15-14-13(18-2-3-19-14)12-9-20(4-5-21-12)8-11-6-16-10-17-7-11/h2-3,6-7,10,12H,4-5,8-9H2,1H3,(H,15,19). The van der Waals surface area contributed by atoms with E-state index in [1.165, 1.54) is 0 Å². The molecule has 3 rings (SSSR count). The van der Waals surface area contributed by atoms with Gasteiger partial charge in [0.05, 0.1) is 6.61 Å². The number of nitrogens with zero attached hydrogens (tertiary/aromatic N) is 5. The molecule has 0 aromatic carbocycles. The molecule has 1 unspecified atom stereocenters. The first kappa shape index (κ1) is 13.8. The first-order valence-electron chi connectivity index (χ1n) is 6.93. The number of anilines is 1. The second kappa shape index (κ2) is 6.55. The van der Waals surface area contributed by atoms with Gasteiger partial charge in [0.1, 0.15) is 23.9 Å². The third kappa shape index (κ3) is 3.32. The number of hydrogen-bond acceptors (Lipinski definition) is 7. The summed E-state index contributed by atoms with van der Waals surface area (Å²) >= 11 is 0. The zero-order valence-corrected chi connectivity index (χ0v) is 11.9. The molecular weight excluding hydrogens is 268 g/mol. The summed E-state index contributed by atoms with van der Waals surface area (Å²) in [7, 11) is 1.84. The van der Waals surface area contributed by atoms with Crippen molar-refractivity contribution >= 4 is 5.82 Å². The molecule has 1 N–H and O–H groups in total. The van der Waals surface area contributed by atoms with Crippen molar-refractivity contribution in [3.63, 3.8) is 0 Å². The smallest absolute Gasteiger partial charge is 0.150 e. The van der Waals surface area contributed by atoms with Gasteiger partial charge in [0, 0.05) is 57.0 Å². The van der Waals surface area contributed by atoms with E-state index in [0.717, 1.165) is 36.7 Å². The van der Waals surface area contributed by atoms with Crippen molar-refractivity contribution in [2.24, 2.45) is 0 Å². The molecule has 7 nitrogen and oxygen atoms in total. The van der Waals surface area contributed by atoms with Crippen molar-refractivity contribution in [2.75, 3.05) is 32.1 Å². The first-order valence-corrected chi connectivity index (χ1v) is 6.93. The summed E-state index contributed by atoms with van der Waals surface area (Å²) in [4.78, 5) is 19.1. The van der Waals surface area contributed by atoms with E-state index in [-0.39, 0.29) is 6.10 Å². The van der Waals surface area contributed by atoms with Gasteiger partial charge < -0.3 is 10.1 Å². The van der Waals surface area contributed by atoms with E-state index in [4.69, 9.17) is 4.74 Å². The van der Waals surface area contributed by atoms with Gasteiger partial charge in [0.2, 0.25) is 0 Å². The number of aromatic nitrogens is 4. The molecule has 1 aliphatic heterocycles. The average Bonchev–Trinajstić information content (AvgIpc) is 2.56. The van der Waals surface area contributed by atoms with Gasteiger partial charge >= 0.3 is 0 Å². The van der Waals surface area contributed by atoms with Crippen molar-refractivity contribution in [3.05, 3.63) is 42.4 Å². The molecule has 2 aromatic heterocycles. The fourth-order valence-corrected chi connectivity index (χ4v) is 2.46. The summed E-state index contributed by atoms with van der Waals surface area (Å²) in [5.41, 5.74) is 1.96. The van der Waals surface area contributed by atoms with Crippen LogP contribution in [0, 0.1) is 0 Å². The number of hydrogen-bond donors (Lipinski definition) is 1. The highest BCUT2D eigenvalue weighted by molar-refractivity contribution is 5.40. The van der Waals surface area contributed by atoms with Crippen LogP contribution in [0.15, 0.2) is 31.1 Å². The van der Waals surface area contributed by atoms with Crippen molar-refractivity contribution in [1.29, 1.82) is 0 Å². The normalized spacial score (nSPS) is 19.4. The monoisotopic (exact) mass is 286 g/mol. The number of morpholine rings is 1. The van der Waals surface area contributed by atoms with Crippen LogP contribution in [0.4, 0.5) is 5.82 Å². The lowest BCUT2D eigenvalue weighted by molar-refractivity contribution is -0.0348. The molecule has 1 atom stereocenters. The third-order valence-electron chi connectivity index (χ3n) is 3.44. The minimum atomic E-state index is -0.0699. The lowest BCUT2D eigenvalue weighted by Crippen LogP contribution is -2.38. The van der Waals surface area contributed by atoms with Crippen LogP contribution in [0.5, 0.6) is 0 Å². The fraction of sp³-hybridized carbons (Fsp3) is 0.429. The lowest BCUT2D eigenvalue weighted by atomic mass is 10.2. The molecule has 0 aliphatic carbocycles. The van der Waals surface area contributed by atoms with Gasteiger partial charge in [-0.25, -0.2) is 15.0 Å². The summed E-state index contributed by atoms with van der Waals surface area (Å²) in [6, 6.07) is 0. The molecule has 0 radical (unpaired) electrons. The molecule has 110 valence electrons. The molecule has 1 saturated heterocycles. The largest absolute Gasteiger partial charge is 0.372 e. The van der Waals surface area contributed by atoms with E-state index in [1.54, 1.807) is 18.7 Å². The SMILES string of the molecule is CNc1nccnc1C1CN(Cc2cncnc2)CCO1. The Morgan fingerprint density at radius 1 is 1.29 bits per heavy atom. The van der Waals surface area contributed by atoms with Gasteiger partial charge in [-0.1, -0.05) is 0 Å². The van der Waals surface area contributed by atoms with Crippen LogP contribution in [0.3, 0.4) is 0 Å². The zero-order valence-electron chi connectivity index (χ0n) is 11.9. The minimum absolute atomic E-state index is 0.0699. The molecule has 1 fully saturated rings. The molecule has 7 heteroatoms. The van der Waals surface area contributed by atoms with E-state index >= 15 is 0 Å². The minimum Gasteiger partial charge on any atom is -0.372 e. The average molecular weight is 286 g/mol. The predicted octanol–water partition coefficient (Wildman–Crippen LogP) is 0.882. The van der Waals surface area contributed by atoms with Gasteiger partial charge in [-0.2, -0.15) is 0 Å². The maximum absolute atomic E-state index is 5.86. The molecule has 0 spiro atoms. The van der Waals surface area contributed by atoms with Crippen molar-refractivity contribution in [1.82, 2.24) is 24.8 Å². The Labute approximate surface area is 123 Å². The number of ether oxygens (including phenoxy) is 1. The van der Waals surface area contributed by atoms with Crippen LogP contribution in [-0.4, -0.2) is 51.6 Å². The summed E-state index contributed by atoms with van der Waals surface area (Å²) in [5.74, 6) is 0.771. The van der Waals surface area contributed by atoms with Crippen LogP contribution in [0.1, 0.15) is 17.4 Å². The number of rotatable bonds is 4. The highest BCUT2D eigenvalue weighted by atomic mass is 16.5. The Morgan fingerprint density at radius 3 is 2.90 bits per heavy atom.